The van der Waals surface area contributed by atoms with Crippen LogP contribution in [0.1, 0.15) is 35.7 Å². The SMILES string of the molecule is CCC1CC(C(=O)O)CN(CC(=O)c2ccc(C#N)cc2)C1. The Balaban J connectivity index is 2.02. The van der Waals surface area contributed by atoms with Crippen LogP contribution >= 0.6 is 0 Å². The molecule has 0 saturated carbocycles. The molecule has 2 rings (SSSR count). The molecule has 5 heteroatoms. The van der Waals surface area contributed by atoms with Crippen LogP contribution in [-0.4, -0.2) is 41.4 Å². The lowest BCUT2D eigenvalue weighted by Gasteiger charge is -2.35. The molecule has 1 saturated heterocycles. The number of hydrogen-bond acceptors (Lipinski definition) is 4. The zero-order valence-electron chi connectivity index (χ0n) is 12.7. The van der Waals surface area contributed by atoms with E-state index in [1.54, 1.807) is 24.3 Å². The van der Waals surface area contributed by atoms with Crippen LogP contribution in [0.2, 0.25) is 0 Å². The van der Waals surface area contributed by atoms with Gasteiger partial charge in [-0.05, 0) is 24.5 Å². The van der Waals surface area contributed by atoms with Gasteiger partial charge in [0.25, 0.3) is 0 Å². The lowest BCUT2D eigenvalue weighted by Crippen LogP contribution is -2.45. The first-order valence-corrected chi connectivity index (χ1v) is 7.52. The Morgan fingerprint density at radius 3 is 2.55 bits per heavy atom. The maximum Gasteiger partial charge on any atom is 0.307 e. The molecule has 0 aliphatic carbocycles. The number of piperidine rings is 1. The number of nitriles is 1. The van der Waals surface area contributed by atoms with Crippen LogP contribution < -0.4 is 0 Å². The van der Waals surface area contributed by atoms with Crippen molar-refractivity contribution >= 4 is 11.8 Å². The minimum atomic E-state index is -0.783. The van der Waals surface area contributed by atoms with Gasteiger partial charge in [-0.3, -0.25) is 14.5 Å². The molecule has 1 aliphatic rings. The number of likely N-dealkylation sites (tertiary alicyclic amines) is 1. The second kappa shape index (κ2) is 7.19. The number of carbonyl (C=O) groups is 2. The van der Waals surface area contributed by atoms with Gasteiger partial charge in [-0.15, -0.1) is 0 Å². The fourth-order valence-electron chi connectivity index (χ4n) is 2.93. The number of benzene rings is 1. The van der Waals surface area contributed by atoms with Gasteiger partial charge < -0.3 is 5.11 Å². The van der Waals surface area contributed by atoms with Gasteiger partial charge in [-0.1, -0.05) is 25.5 Å². The second-order valence-corrected chi connectivity index (χ2v) is 5.85. The Bertz CT molecular complexity index is 589. The summed E-state index contributed by atoms with van der Waals surface area (Å²) in [5.41, 5.74) is 1.08. The van der Waals surface area contributed by atoms with E-state index in [4.69, 9.17) is 5.26 Å². The van der Waals surface area contributed by atoms with E-state index in [0.29, 0.717) is 30.0 Å². The standard InChI is InChI=1S/C17H20N2O3/c1-2-12-7-15(17(21)22)10-19(9-12)11-16(20)14-5-3-13(8-18)4-6-14/h3-6,12,15H,2,7,9-11H2,1H3,(H,21,22). The molecule has 1 N–H and O–H groups in total. The summed E-state index contributed by atoms with van der Waals surface area (Å²) in [5.74, 6) is -0.893. The van der Waals surface area contributed by atoms with E-state index in [9.17, 15) is 14.7 Å². The first-order chi connectivity index (χ1) is 10.5. The summed E-state index contributed by atoms with van der Waals surface area (Å²) in [6, 6.07) is 8.57. The van der Waals surface area contributed by atoms with Gasteiger partial charge in [-0.25, -0.2) is 0 Å². The zero-order chi connectivity index (χ0) is 16.1. The molecule has 0 amide bonds. The summed E-state index contributed by atoms with van der Waals surface area (Å²) >= 11 is 0. The number of carboxylic acids is 1. The lowest BCUT2D eigenvalue weighted by molar-refractivity contribution is -0.144. The molecular weight excluding hydrogens is 280 g/mol. The van der Waals surface area contributed by atoms with E-state index < -0.39 is 11.9 Å². The number of Topliss-reactive ketones (excluding diaryl/α,β-unsaturated/α-hetero) is 1. The zero-order valence-corrected chi connectivity index (χ0v) is 12.7. The molecule has 1 heterocycles. The number of carbonyl (C=O) groups excluding carboxylic acids is 1. The summed E-state index contributed by atoms with van der Waals surface area (Å²) in [7, 11) is 0. The third-order valence-corrected chi connectivity index (χ3v) is 4.24. The smallest absolute Gasteiger partial charge is 0.307 e. The van der Waals surface area contributed by atoms with Gasteiger partial charge in [0.05, 0.1) is 24.1 Å². The van der Waals surface area contributed by atoms with Crippen molar-refractivity contribution in [2.24, 2.45) is 11.8 Å². The van der Waals surface area contributed by atoms with Crippen molar-refractivity contribution in [3.8, 4) is 6.07 Å². The molecule has 5 nitrogen and oxygen atoms in total. The minimum absolute atomic E-state index is 0.0367. The van der Waals surface area contributed by atoms with Crippen molar-refractivity contribution in [3.63, 3.8) is 0 Å². The van der Waals surface area contributed by atoms with Crippen molar-refractivity contribution in [3.05, 3.63) is 35.4 Å². The molecule has 2 atom stereocenters. The molecule has 1 aliphatic heterocycles. The molecule has 1 aromatic carbocycles. The van der Waals surface area contributed by atoms with Crippen LogP contribution in [0.3, 0.4) is 0 Å². The number of rotatable bonds is 5. The average Bonchev–Trinajstić information content (AvgIpc) is 2.54. The van der Waals surface area contributed by atoms with Crippen LogP contribution in [0, 0.1) is 23.2 Å². The molecule has 0 aromatic heterocycles. The topological polar surface area (TPSA) is 81.4 Å². The van der Waals surface area contributed by atoms with E-state index in [1.807, 2.05) is 11.0 Å². The first-order valence-electron chi connectivity index (χ1n) is 7.52. The fraction of sp³-hybridized carbons (Fsp3) is 0.471. The Hall–Kier alpha value is -2.19. The monoisotopic (exact) mass is 300 g/mol. The molecule has 116 valence electrons. The molecule has 0 radical (unpaired) electrons. The summed E-state index contributed by atoms with van der Waals surface area (Å²) in [6.07, 6.45) is 1.61. The van der Waals surface area contributed by atoms with E-state index >= 15 is 0 Å². The van der Waals surface area contributed by atoms with E-state index in [-0.39, 0.29) is 12.3 Å². The summed E-state index contributed by atoms with van der Waals surface area (Å²) in [6.45, 7) is 3.47. The predicted octanol–water partition coefficient (Wildman–Crippen LogP) is 2.17. The molecule has 0 spiro atoms. The largest absolute Gasteiger partial charge is 0.481 e. The first kappa shape index (κ1) is 16.2. The number of nitrogens with zero attached hydrogens (tertiary/aromatic N) is 2. The van der Waals surface area contributed by atoms with Crippen LogP contribution in [0.15, 0.2) is 24.3 Å². The predicted molar refractivity (Wildman–Crippen MR) is 81.5 cm³/mol. The molecular formula is C17H20N2O3. The van der Waals surface area contributed by atoms with Gasteiger partial charge in [0.2, 0.25) is 0 Å². The summed E-state index contributed by atoms with van der Waals surface area (Å²) in [4.78, 5) is 25.5. The number of carboxylic acid groups (broad SMARTS) is 1. The number of aliphatic carboxylic acids is 1. The fourth-order valence-corrected chi connectivity index (χ4v) is 2.93. The van der Waals surface area contributed by atoms with Crippen LogP contribution in [0.25, 0.3) is 0 Å². The van der Waals surface area contributed by atoms with Gasteiger partial charge >= 0.3 is 5.97 Å². The molecule has 2 unspecified atom stereocenters. The highest BCUT2D eigenvalue weighted by Gasteiger charge is 2.31. The van der Waals surface area contributed by atoms with Crippen molar-refractivity contribution in [2.45, 2.75) is 19.8 Å². The van der Waals surface area contributed by atoms with E-state index in [1.165, 1.54) is 0 Å². The highest BCUT2D eigenvalue weighted by Crippen LogP contribution is 2.24. The maximum absolute atomic E-state index is 12.3. The lowest BCUT2D eigenvalue weighted by atomic mass is 9.87. The van der Waals surface area contributed by atoms with Crippen molar-refractivity contribution in [2.75, 3.05) is 19.6 Å². The summed E-state index contributed by atoms with van der Waals surface area (Å²) in [5, 5.41) is 18.0. The molecule has 1 aromatic rings. The van der Waals surface area contributed by atoms with Gasteiger partial charge in [0.1, 0.15) is 0 Å². The number of ketones is 1. The summed E-state index contributed by atoms with van der Waals surface area (Å²) < 4.78 is 0. The third kappa shape index (κ3) is 3.92. The highest BCUT2D eigenvalue weighted by molar-refractivity contribution is 5.97. The van der Waals surface area contributed by atoms with Crippen LogP contribution in [0.4, 0.5) is 0 Å². The highest BCUT2D eigenvalue weighted by atomic mass is 16.4. The average molecular weight is 300 g/mol. The quantitative estimate of drug-likeness (QED) is 0.843. The Morgan fingerprint density at radius 1 is 1.32 bits per heavy atom. The van der Waals surface area contributed by atoms with E-state index in [0.717, 1.165) is 13.0 Å². The second-order valence-electron chi connectivity index (χ2n) is 5.85. The van der Waals surface area contributed by atoms with Gasteiger partial charge in [-0.2, -0.15) is 5.26 Å². The van der Waals surface area contributed by atoms with Crippen LogP contribution in [-0.2, 0) is 4.79 Å². The minimum Gasteiger partial charge on any atom is -0.481 e. The number of hydrogen-bond donors (Lipinski definition) is 1. The Morgan fingerprint density at radius 2 is 2.00 bits per heavy atom. The molecule has 22 heavy (non-hydrogen) atoms. The van der Waals surface area contributed by atoms with Crippen molar-refractivity contribution in [1.82, 2.24) is 4.90 Å². The Kier molecular flexibility index (Phi) is 5.29. The molecule has 1 fully saturated rings. The van der Waals surface area contributed by atoms with Gasteiger partial charge in [0, 0.05) is 18.7 Å². The van der Waals surface area contributed by atoms with Crippen molar-refractivity contribution in [1.29, 1.82) is 5.26 Å². The van der Waals surface area contributed by atoms with E-state index in [2.05, 4.69) is 6.92 Å². The Labute approximate surface area is 130 Å². The van der Waals surface area contributed by atoms with Crippen LogP contribution in [0.5, 0.6) is 0 Å². The third-order valence-electron chi connectivity index (χ3n) is 4.24. The van der Waals surface area contributed by atoms with Gasteiger partial charge in [0.15, 0.2) is 5.78 Å². The normalized spacial score (nSPS) is 22.0. The molecule has 0 bridgehead atoms. The van der Waals surface area contributed by atoms with Crippen molar-refractivity contribution < 1.29 is 14.7 Å². The maximum atomic E-state index is 12.3.